The number of benzene rings is 3. The summed E-state index contributed by atoms with van der Waals surface area (Å²) in [5.41, 5.74) is 3.55. The fourth-order valence-corrected chi connectivity index (χ4v) is 3.46. The third kappa shape index (κ3) is 4.27. The summed E-state index contributed by atoms with van der Waals surface area (Å²) in [6, 6.07) is 29.4. The maximum atomic E-state index is 12.5. The zero-order valence-electron chi connectivity index (χ0n) is 16.2. The highest BCUT2D eigenvalue weighted by Gasteiger charge is 2.20. The fourth-order valence-electron chi connectivity index (χ4n) is 3.46. The van der Waals surface area contributed by atoms with Crippen LogP contribution in [0.3, 0.4) is 0 Å². The lowest BCUT2D eigenvalue weighted by Crippen LogP contribution is -2.14. The predicted octanol–water partition coefficient (Wildman–Crippen LogP) is 5.02. The molecule has 0 spiro atoms. The van der Waals surface area contributed by atoms with E-state index in [2.05, 4.69) is 17.1 Å². The molecule has 0 bridgehead atoms. The van der Waals surface area contributed by atoms with Crippen LogP contribution in [0.2, 0.25) is 0 Å². The molecule has 4 aromatic rings. The van der Waals surface area contributed by atoms with E-state index in [1.165, 1.54) is 0 Å². The monoisotopic (exact) mass is 382 g/mol. The number of aromatic nitrogens is 2. The molecule has 1 heterocycles. The molecule has 0 amide bonds. The van der Waals surface area contributed by atoms with E-state index in [0.717, 1.165) is 22.4 Å². The van der Waals surface area contributed by atoms with Gasteiger partial charge in [0, 0.05) is 11.6 Å². The summed E-state index contributed by atoms with van der Waals surface area (Å²) < 4.78 is 5.58. The Kier molecular flexibility index (Phi) is 5.52. The number of ether oxygens (including phenoxy) is 1. The van der Waals surface area contributed by atoms with Gasteiger partial charge in [0.05, 0.1) is 18.2 Å². The highest BCUT2D eigenvalue weighted by molar-refractivity contribution is 5.55. The van der Waals surface area contributed by atoms with Crippen molar-refractivity contribution in [3.05, 3.63) is 118 Å². The molecule has 0 fully saturated rings. The van der Waals surface area contributed by atoms with Crippen LogP contribution in [0.25, 0.3) is 11.4 Å². The quantitative estimate of drug-likeness (QED) is 0.510. The molecule has 0 aliphatic heterocycles. The van der Waals surface area contributed by atoms with Gasteiger partial charge in [-0.25, -0.2) is 4.98 Å². The van der Waals surface area contributed by atoms with Crippen molar-refractivity contribution in [2.75, 3.05) is 6.61 Å². The minimum absolute atomic E-state index is 0.156. The molecule has 3 aromatic carbocycles. The zero-order chi connectivity index (χ0) is 20.1. The summed E-state index contributed by atoms with van der Waals surface area (Å²) in [5.74, 6) is 1.24. The molecule has 0 saturated carbocycles. The molecule has 29 heavy (non-hydrogen) atoms. The van der Waals surface area contributed by atoms with Gasteiger partial charge in [-0.3, -0.25) is 4.79 Å². The van der Waals surface area contributed by atoms with Crippen molar-refractivity contribution in [3.63, 3.8) is 0 Å². The summed E-state index contributed by atoms with van der Waals surface area (Å²) in [4.78, 5) is 20.2. The Labute approximate surface area is 169 Å². The molecular formula is C25H22N2O2. The van der Waals surface area contributed by atoms with Gasteiger partial charge in [0.2, 0.25) is 0 Å². The largest absolute Gasteiger partial charge is 0.494 e. The molecule has 1 atom stereocenters. The topological polar surface area (TPSA) is 55.0 Å². The van der Waals surface area contributed by atoms with Gasteiger partial charge >= 0.3 is 0 Å². The van der Waals surface area contributed by atoms with Crippen LogP contribution < -0.4 is 10.3 Å². The van der Waals surface area contributed by atoms with Crippen molar-refractivity contribution >= 4 is 0 Å². The van der Waals surface area contributed by atoms with Crippen molar-refractivity contribution in [2.24, 2.45) is 0 Å². The number of hydrogen-bond donors (Lipinski definition) is 1. The van der Waals surface area contributed by atoms with E-state index < -0.39 is 0 Å². The van der Waals surface area contributed by atoms with Crippen molar-refractivity contribution in [1.82, 2.24) is 9.97 Å². The van der Waals surface area contributed by atoms with Gasteiger partial charge in [-0.05, 0) is 30.2 Å². The minimum Gasteiger partial charge on any atom is -0.494 e. The van der Waals surface area contributed by atoms with E-state index in [1.807, 2.05) is 79.7 Å². The Hall–Kier alpha value is -3.66. The van der Waals surface area contributed by atoms with Crippen LogP contribution in [0.1, 0.15) is 29.7 Å². The first-order valence-corrected chi connectivity index (χ1v) is 9.69. The lowest BCUT2D eigenvalue weighted by Gasteiger charge is -2.19. The van der Waals surface area contributed by atoms with E-state index in [9.17, 15) is 4.79 Å². The maximum absolute atomic E-state index is 12.5. The van der Waals surface area contributed by atoms with Gasteiger partial charge in [0.1, 0.15) is 11.6 Å². The smallest absolute Gasteiger partial charge is 0.251 e. The Morgan fingerprint density at radius 2 is 1.48 bits per heavy atom. The van der Waals surface area contributed by atoms with Gasteiger partial charge in [0.15, 0.2) is 0 Å². The first kappa shape index (κ1) is 18.7. The van der Waals surface area contributed by atoms with Gasteiger partial charge < -0.3 is 9.72 Å². The standard InChI is InChI=1S/C25H22N2O2/c1-2-29-21-15-13-19(14-16-21)24(18-9-5-3-6-10-18)22-17-23(28)27-25(26-22)20-11-7-4-8-12-20/h3-17,24H,2H2,1H3,(H,26,27,28). The van der Waals surface area contributed by atoms with Gasteiger partial charge in [-0.2, -0.15) is 0 Å². The number of rotatable bonds is 6. The Morgan fingerprint density at radius 1 is 0.862 bits per heavy atom. The van der Waals surface area contributed by atoms with Crippen molar-refractivity contribution in [2.45, 2.75) is 12.8 Å². The van der Waals surface area contributed by atoms with Crippen LogP contribution in [0.5, 0.6) is 5.75 Å². The van der Waals surface area contributed by atoms with Crippen LogP contribution in [0.4, 0.5) is 0 Å². The highest BCUT2D eigenvalue weighted by atomic mass is 16.5. The zero-order valence-corrected chi connectivity index (χ0v) is 16.2. The normalized spacial score (nSPS) is 11.8. The van der Waals surface area contributed by atoms with E-state index in [4.69, 9.17) is 9.72 Å². The van der Waals surface area contributed by atoms with Gasteiger partial charge in [-0.1, -0.05) is 72.8 Å². The van der Waals surface area contributed by atoms with Gasteiger partial charge in [-0.15, -0.1) is 0 Å². The van der Waals surface area contributed by atoms with E-state index in [1.54, 1.807) is 6.07 Å². The minimum atomic E-state index is -0.166. The van der Waals surface area contributed by atoms with Crippen LogP contribution in [0.15, 0.2) is 95.8 Å². The maximum Gasteiger partial charge on any atom is 0.251 e. The molecule has 4 rings (SSSR count). The molecule has 0 aliphatic rings. The number of hydrogen-bond acceptors (Lipinski definition) is 3. The Balaban J connectivity index is 1.84. The summed E-state index contributed by atoms with van der Waals surface area (Å²) >= 11 is 0. The number of nitrogens with zero attached hydrogens (tertiary/aromatic N) is 1. The second kappa shape index (κ2) is 8.57. The number of nitrogens with one attached hydrogen (secondary N) is 1. The van der Waals surface area contributed by atoms with E-state index in [-0.39, 0.29) is 11.5 Å². The number of aromatic amines is 1. The molecule has 144 valence electrons. The lowest BCUT2D eigenvalue weighted by molar-refractivity contribution is 0.340. The molecule has 1 aromatic heterocycles. The predicted molar refractivity (Wildman–Crippen MR) is 115 cm³/mol. The molecule has 0 radical (unpaired) electrons. The molecule has 4 nitrogen and oxygen atoms in total. The van der Waals surface area contributed by atoms with Crippen LogP contribution in [-0.2, 0) is 0 Å². The fraction of sp³-hybridized carbons (Fsp3) is 0.120. The van der Waals surface area contributed by atoms with Crippen LogP contribution in [0, 0.1) is 0 Å². The van der Waals surface area contributed by atoms with Crippen LogP contribution >= 0.6 is 0 Å². The average Bonchev–Trinajstić information content (AvgIpc) is 2.76. The molecule has 0 aliphatic carbocycles. The van der Waals surface area contributed by atoms with Crippen LogP contribution in [-0.4, -0.2) is 16.6 Å². The second-order valence-electron chi connectivity index (χ2n) is 6.73. The first-order valence-electron chi connectivity index (χ1n) is 9.69. The summed E-state index contributed by atoms with van der Waals surface area (Å²) in [6.07, 6.45) is 0. The SMILES string of the molecule is CCOc1ccc(C(c2ccccc2)c2cc(=O)[nH]c(-c3ccccc3)n2)cc1. The third-order valence-corrected chi connectivity index (χ3v) is 4.76. The molecule has 0 saturated heterocycles. The third-order valence-electron chi connectivity index (χ3n) is 4.76. The summed E-state index contributed by atoms with van der Waals surface area (Å²) in [5, 5.41) is 0. The van der Waals surface area contributed by atoms with E-state index in [0.29, 0.717) is 18.1 Å². The highest BCUT2D eigenvalue weighted by Crippen LogP contribution is 2.32. The van der Waals surface area contributed by atoms with Crippen molar-refractivity contribution < 1.29 is 4.74 Å². The Morgan fingerprint density at radius 3 is 2.14 bits per heavy atom. The first-order chi connectivity index (χ1) is 14.2. The molecule has 4 heteroatoms. The second-order valence-corrected chi connectivity index (χ2v) is 6.73. The van der Waals surface area contributed by atoms with E-state index >= 15 is 0 Å². The summed E-state index contributed by atoms with van der Waals surface area (Å²) in [7, 11) is 0. The average molecular weight is 382 g/mol. The molecule has 1 unspecified atom stereocenters. The molecule has 1 N–H and O–H groups in total. The van der Waals surface area contributed by atoms with Gasteiger partial charge in [0.25, 0.3) is 5.56 Å². The molecular weight excluding hydrogens is 360 g/mol. The number of H-pyrrole nitrogens is 1. The van der Waals surface area contributed by atoms with Crippen molar-refractivity contribution in [3.8, 4) is 17.1 Å². The van der Waals surface area contributed by atoms with Crippen molar-refractivity contribution in [1.29, 1.82) is 0 Å². The summed E-state index contributed by atoms with van der Waals surface area (Å²) in [6.45, 7) is 2.59. The Bertz CT molecular complexity index is 1120. The lowest BCUT2D eigenvalue weighted by atomic mass is 9.88.